The van der Waals surface area contributed by atoms with Crippen LogP contribution in [0.2, 0.25) is 5.32 Å². The Kier molecular flexibility index (Phi) is 4.58. The Morgan fingerprint density at radius 3 is 2.69 bits per heavy atom. The van der Waals surface area contributed by atoms with E-state index in [2.05, 4.69) is 0 Å². The van der Waals surface area contributed by atoms with Crippen LogP contribution >= 0.6 is 0 Å². The number of carbonyl (C=O) groups is 1. The van der Waals surface area contributed by atoms with Gasteiger partial charge in [0.1, 0.15) is 0 Å². The summed E-state index contributed by atoms with van der Waals surface area (Å²) in [6, 6.07) is 10.0. The molecule has 0 amide bonds. The van der Waals surface area contributed by atoms with Crippen LogP contribution in [0.3, 0.4) is 0 Å². The SMILES string of the molecule is CCOC(=O)C[Se]c1ccccc1. The monoisotopic (exact) mass is 244 g/mol. The van der Waals surface area contributed by atoms with E-state index in [1.807, 2.05) is 37.3 Å². The molecule has 0 aliphatic heterocycles. The molecule has 2 nitrogen and oxygen atoms in total. The molecule has 13 heavy (non-hydrogen) atoms. The molecule has 1 aromatic carbocycles. The summed E-state index contributed by atoms with van der Waals surface area (Å²) in [6.45, 7) is 2.30. The number of benzene rings is 1. The van der Waals surface area contributed by atoms with E-state index < -0.39 is 0 Å². The molecule has 3 heteroatoms. The number of esters is 1. The van der Waals surface area contributed by atoms with Gasteiger partial charge in [0.15, 0.2) is 0 Å². The summed E-state index contributed by atoms with van der Waals surface area (Å²) in [7, 11) is 0. The van der Waals surface area contributed by atoms with Gasteiger partial charge in [-0.2, -0.15) is 0 Å². The molecule has 0 saturated heterocycles. The zero-order valence-corrected chi connectivity index (χ0v) is 9.24. The second kappa shape index (κ2) is 5.79. The third-order valence-electron chi connectivity index (χ3n) is 1.41. The van der Waals surface area contributed by atoms with E-state index in [0.717, 1.165) is 0 Å². The maximum absolute atomic E-state index is 11.0. The van der Waals surface area contributed by atoms with Crippen LogP contribution in [0, 0.1) is 0 Å². The van der Waals surface area contributed by atoms with Crippen molar-refractivity contribution in [1.29, 1.82) is 0 Å². The summed E-state index contributed by atoms with van der Waals surface area (Å²) >= 11 is 0.216. The van der Waals surface area contributed by atoms with Crippen molar-refractivity contribution < 1.29 is 9.53 Å². The van der Waals surface area contributed by atoms with Crippen LogP contribution in [-0.4, -0.2) is 27.5 Å². The van der Waals surface area contributed by atoms with Gasteiger partial charge in [0.25, 0.3) is 0 Å². The third-order valence-corrected chi connectivity index (χ3v) is 3.47. The van der Waals surface area contributed by atoms with Crippen LogP contribution in [0.25, 0.3) is 0 Å². The predicted molar refractivity (Wildman–Crippen MR) is 53.3 cm³/mol. The van der Waals surface area contributed by atoms with Crippen molar-refractivity contribution in [3.8, 4) is 0 Å². The summed E-state index contributed by atoms with van der Waals surface area (Å²) in [6.07, 6.45) is 0. The molecule has 0 bridgehead atoms. The van der Waals surface area contributed by atoms with Gasteiger partial charge in [-0.25, -0.2) is 0 Å². The van der Waals surface area contributed by atoms with Gasteiger partial charge in [0.2, 0.25) is 0 Å². The van der Waals surface area contributed by atoms with Crippen molar-refractivity contribution in [3.63, 3.8) is 0 Å². The van der Waals surface area contributed by atoms with Gasteiger partial charge < -0.3 is 0 Å². The zero-order chi connectivity index (χ0) is 9.52. The number of hydrogen-bond acceptors (Lipinski definition) is 2. The van der Waals surface area contributed by atoms with Crippen LogP contribution in [0.5, 0.6) is 0 Å². The Hall–Kier alpha value is -0.791. The quantitative estimate of drug-likeness (QED) is 0.582. The maximum atomic E-state index is 11.0. The number of ether oxygens (including phenoxy) is 1. The van der Waals surface area contributed by atoms with Crippen LogP contribution in [0.1, 0.15) is 6.92 Å². The molecule has 0 heterocycles. The molecule has 0 spiro atoms. The molecule has 0 aliphatic rings. The van der Waals surface area contributed by atoms with E-state index in [1.54, 1.807) is 0 Å². The second-order valence-corrected chi connectivity index (χ2v) is 4.61. The minimum absolute atomic E-state index is 0.0913. The molecule has 0 radical (unpaired) electrons. The molecular weight excluding hydrogens is 231 g/mol. The summed E-state index contributed by atoms with van der Waals surface area (Å²) < 4.78 is 6.08. The van der Waals surface area contributed by atoms with Crippen LogP contribution in [0.15, 0.2) is 30.3 Å². The minimum atomic E-state index is -0.0913. The number of carbonyl (C=O) groups excluding carboxylic acids is 1. The Bertz CT molecular complexity index is 259. The first-order valence-electron chi connectivity index (χ1n) is 4.16. The summed E-state index contributed by atoms with van der Waals surface area (Å²) in [5, 5.41) is 0.533. The fourth-order valence-electron chi connectivity index (χ4n) is 0.862. The molecule has 1 rings (SSSR count). The van der Waals surface area contributed by atoms with Gasteiger partial charge in [-0.1, -0.05) is 0 Å². The molecule has 0 atom stereocenters. The molecule has 0 unspecified atom stereocenters. The first-order valence-corrected chi connectivity index (χ1v) is 6.23. The third kappa shape index (κ3) is 4.11. The first-order chi connectivity index (χ1) is 6.33. The standard InChI is InChI=1S/C10H12O2Se/c1-2-12-10(11)8-13-9-6-4-3-5-7-9/h3-7H,2,8H2,1H3. The summed E-state index contributed by atoms with van der Waals surface area (Å²) in [5.41, 5.74) is 0. The zero-order valence-electron chi connectivity index (χ0n) is 7.53. The van der Waals surface area contributed by atoms with E-state index >= 15 is 0 Å². The Labute approximate surface area is 84.4 Å². The Morgan fingerprint density at radius 1 is 1.38 bits per heavy atom. The fourth-order valence-corrected chi connectivity index (χ4v) is 2.37. The van der Waals surface area contributed by atoms with Crippen LogP contribution < -0.4 is 4.46 Å². The molecule has 0 aromatic heterocycles. The predicted octanol–water partition coefficient (Wildman–Crippen LogP) is 0.997. The van der Waals surface area contributed by atoms with Crippen LogP contribution in [-0.2, 0) is 9.53 Å². The summed E-state index contributed by atoms with van der Waals surface area (Å²) in [5.74, 6) is -0.0913. The summed E-state index contributed by atoms with van der Waals surface area (Å²) in [4.78, 5) is 11.0. The van der Waals surface area contributed by atoms with Gasteiger partial charge in [-0.05, 0) is 0 Å². The van der Waals surface area contributed by atoms with E-state index in [-0.39, 0.29) is 20.9 Å². The van der Waals surface area contributed by atoms with E-state index in [0.29, 0.717) is 11.9 Å². The molecule has 0 fully saturated rings. The first kappa shape index (κ1) is 10.3. The van der Waals surface area contributed by atoms with Crippen molar-refractivity contribution in [2.75, 3.05) is 6.61 Å². The Balaban J connectivity index is 2.31. The molecule has 0 N–H and O–H groups in total. The number of hydrogen-bond donors (Lipinski definition) is 0. The molecule has 0 aliphatic carbocycles. The van der Waals surface area contributed by atoms with Gasteiger partial charge in [-0.15, -0.1) is 0 Å². The van der Waals surface area contributed by atoms with Gasteiger partial charge in [0, 0.05) is 0 Å². The van der Waals surface area contributed by atoms with Crippen molar-refractivity contribution in [1.82, 2.24) is 0 Å². The van der Waals surface area contributed by atoms with E-state index in [4.69, 9.17) is 4.74 Å². The molecule has 1 aromatic rings. The van der Waals surface area contributed by atoms with Crippen molar-refractivity contribution in [2.24, 2.45) is 0 Å². The van der Waals surface area contributed by atoms with E-state index in [9.17, 15) is 4.79 Å². The van der Waals surface area contributed by atoms with Crippen molar-refractivity contribution in [2.45, 2.75) is 12.2 Å². The van der Waals surface area contributed by atoms with E-state index in [1.165, 1.54) is 4.46 Å². The average Bonchev–Trinajstić information content (AvgIpc) is 2.17. The van der Waals surface area contributed by atoms with Crippen molar-refractivity contribution in [3.05, 3.63) is 30.3 Å². The van der Waals surface area contributed by atoms with Crippen molar-refractivity contribution >= 4 is 25.4 Å². The molecular formula is C10H12O2Se. The molecule has 0 saturated carbocycles. The average molecular weight is 243 g/mol. The normalized spacial score (nSPS) is 9.62. The number of rotatable bonds is 4. The van der Waals surface area contributed by atoms with Gasteiger partial charge in [0.05, 0.1) is 0 Å². The van der Waals surface area contributed by atoms with Crippen LogP contribution in [0.4, 0.5) is 0 Å². The van der Waals surface area contributed by atoms with Gasteiger partial charge in [-0.3, -0.25) is 0 Å². The second-order valence-electron chi connectivity index (χ2n) is 2.41. The molecule has 70 valence electrons. The Morgan fingerprint density at radius 2 is 2.08 bits per heavy atom. The fraction of sp³-hybridized carbons (Fsp3) is 0.300. The topological polar surface area (TPSA) is 26.3 Å². The van der Waals surface area contributed by atoms with Gasteiger partial charge >= 0.3 is 84.1 Å².